The highest BCUT2D eigenvalue weighted by Gasteiger charge is 2.42. The molecule has 3 atom stereocenters. The Hall–Kier alpha value is -2.71. The van der Waals surface area contributed by atoms with Gasteiger partial charge in [0.05, 0.1) is 19.1 Å². The van der Waals surface area contributed by atoms with Crippen molar-refractivity contribution in [3.05, 3.63) is 70.2 Å². The Morgan fingerprint density at radius 3 is 2.44 bits per heavy atom. The zero-order valence-electron chi connectivity index (χ0n) is 21.1. The highest BCUT2D eigenvalue weighted by atomic mass is 35.5. The van der Waals surface area contributed by atoms with Gasteiger partial charge in [0.2, 0.25) is 5.91 Å². The van der Waals surface area contributed by atoms with E-state index in [1.807, 2.05) is 12.1 Å². The Bertz CT molecular complexity index is 1060. The van der Waals surface area contributed by atoms with Gasteiger partial charge in [-0.3, -0.25) is 9.69 Å². The average molecular weight is 522 g/mol. The molecule has 0 aromatic heterocycles. The second-order valence-electron chi connectivity index (χ2n) is 10.1. The number of halogens is 3. The first-order valence-corrected chi connectivity index (χ1v) is 12.4. The van der Waals surface area contributed by atoms with Crippen LogP contribution >= 0.6 is 11.6 Å². The van der Waals surface area contributed by atoms with Crippen LogP contribution in [-0.2, 0) is 9.53 Å². The van der Waals surface area contributed by atoms with E-state index in [1.54, 1.807) is 12.1 Å². The molecule has 2 amide bonds. The number of carbonyl (C=O) groups is 2. The third-order valence-corrected chi connectivity index (χ3v) is 6.94. The summed E-state index contributed by atoms with van der Waals surface area (Å²) in [4.78, 5) is 27.2. The van der Waals surface area contributed by atoms with Gasteiger partial charge in [-0.2, -0.15) is 0 Å². The molecule has 2 N–H and O–H groups in total. The number of rotatable bonds is 8. The monoisotopic (exact) mass is 521 g/mol. The lowest BCUT2D eigenvalue weighted by atomic mass is 9.88. The maximum Gasteiger partial charge on any atom is 0.407 e. The van der Waals surface area contributed by atoms with E-state index in [2.05, 4.69) is 36.3 Å². The van der Waals surface area contributed by atoms with Gasteiger partial charge < -0.3 is 15.4 Å². The van der Waals surface area contributed by atoms with Crippen molar-refractivity contribution in [1.29, 1.82) is 0 Å². The van der Waals surface area contributed by atoms with Crippen molar-refractivity contribution < 1.29 is 23.1 Å². The summed E-state index contributed by atoms with van der Waals surface area (Å²) in [6.45, 7) is 7.53. The van der Waals surface area contributed by atoms with Crippen LogP contribution in [0.15, 0.2) is 42.5 Å². The molecule has 3 rings (SSSR count). The number of amides is 2. The highest BCUT2D eigenvalue weighted by molar-refractivity contribution is 6.30. The first-order valence-electron chi connectivity index (χ1n) is 12.1. The van der Waals surface area contributed by atoms with E-state index in [0.717, 1.165) is 11.6 Å². The number of likely N-dealkylation sites (tertiary alicyclic amines) is 1. The summed E-state index contributed by atoms with van der Waals surface area (Å²) in [6.07, 6.45) is 0.608. The number of hydrogen-bond acceptors (Lipinski definition) is 4. The Kier molecular flexibility index (Phi) is 9.30. The van der Waals surface area contributed by atoms with Gasteiger partial charge in [-0.25, -0.2) is 13.6 Å². The predicted octanol–water partition coefficient (Wildman–Crippen LogP) is 5.43. The molecule has 1 aliphatic heterocycles. The SMILES string of the molecule is COC(=O)NC(CCCNC(=O)[C@@H]1CN(C(C)(C)C)C[C@H]1c1ccc(F)cc1F)c1ccc(Cl)cc1. The Morgan fingerprint density at radius 1 is 1.14 bits per heavy atom. The topological polar surface area (TPSA) is 70.7 Å². The molecule has 9 heteroatoms. The van der Waals surface area contributed by atoms with E-state index < -0.39 is 23.6 Å². The lowest BCUT2D eigenvalue weighted by molar-refractivity contribution is -0.125. The lowest BCUT2D eigenvalue weighted by Gasteiger charge is -2.31. The molecule has 0 aliphatic carbocycles. The molecule has 1 heterocycles. The standard InChI is InChI=1S/C27H34ClF2N3O3/c1-27(2,3)33-15-21(20-12-11-19(29)14-23(20)30)22(16-33)25(34)31-13-5-6-24(32-26(35)36-4)17-7-9-18(28)10-8-17/h7-12,14,21-22,24H,5-6,13,15-16H2,1-4H3,(H,31,34)(H,32,35)/t21-,22+,24?/m0/s1. The van der Waals surface area contributed by atoms with E-state index >= 15 is 0 Å². The largest absolute Gasteiger partial charge is 0.453 e. The van der Waals surface area contributed by atoms with Crippen LogP contribution in [0.1, 0.15) is 56.7 Å². The summed E-state index contributed by atoms with van der Waals surface area (Å²) in [5.74, 6) is -2.29. The van der Waals surface area contributed by atoms with Crippen molar-refractivity contribution in [1.82, 2.24) is 15.5 Å². The van der Waals surface area contributed by atoms with E-state index in [4.69, 9.17) is 16.3 Å². The molecule has 1 saturated heterocycles. The summed E-state index contributed by atoms with van der Waals surface area (Å²) >= 11 is 5.98. The number of carbonyl (C=O) groups excluding carboxylic acids is 2. The molecule has 2 aromatic rings. The van der Waals surface area contributed by atoms with Crippen molar-refractivity contribution in [2.45, 2.75) is 51.1 Å². The zero-order chi connectivity index (χ0) is 26.5. The first-order chi connectivity index (χ1) is 17.0. The van der Waals surface area contributed by atoms with Crippen LogP contribution in [0.2, 0.25) is 5.02 Å². The lowest BCUT2D eigenvalue weighted by Crippen LogP contribution is -2.41. The second kappa shape index (κ2) is 12.0. The molecule has 1 aliphatic rings. The molecule has 1 fully saturated rings. The van der Waals surface area contributed by atoms with Crippen LogP contribution in [-0.4, -0.2) is 49.2 Å². The van der Waals surface area contributed by atoms with Crippen LogP contribution < -0.4 is 10.6 Å². The van der Waals surface area contributed by atoms with E-state index in [-0.39, 0.29) is 23.4 Å². The zero-order valence-corrected chi connectivity index (χ0v) is 21.9. The molecule has 0 spiro atoms. The van der Waals surface area contributed by atoms with E-state index in [0.29, 0.717) is 43.1 Å². The summed E-state index contributed by atoms with van der Waals surface area (Å²) in [7, 11) is 1.30. The highest BCUT2D eigenvalue weighted by Crippen LogP contribution is 2.37. The van der Waals surface area contributed by atoms with Crippen LogP contribution in [0.3, 0.4) is 0 Å². The quantitative estimate of drug-likeness (QED) is 0.455. The summed E-state index contributed by atoms with van der Waals surface area (Å²) in [6, 6.07) is 10.4. The van der Waals surface area contributed by atoms with Crippen molar-refractivity contribution in [3.63, 3.8) is 0 Å². The maximum absolute atomic E-state index is 14.6. The molecule has 196 valence electrons. The first kappa shape index (κ1) is 27.9. The fourth-order valence-electron chi connectivity index (χ4n) is 4.60. The Balaban J connectivity index is 1.65. The molecular weight excluding hydrogens is 488 g/mol. The fraction of sp³-hybridized carbons (Fsp3) is 0.481. The molecular formula is C27H34ClF2N3O3. The number of alkyl carbamates (subject to hydrolysis) is 1. The molecule has 1 unspecified atom stereocenters. The van der Waals surface area contributed by atoms with Crippen molar-refractivity contribution in [2.75, 3.05) is 26.7 Å². The number of hydrogen-bond donors (Lipinski definition) is 2. The Labute approximate surface area is 216 Å². The summed E-state index contributed by atoms with van der Waals surface area (Å²) in [5.41, 5.74) is 1.03. The van der Waals surface area contributed by atoms with Gasteiger partial charge in [0, 0.05) is 42.2 Å². The van der Waals surface area contributed by atoms with Gasteiger partial charge in [-0.1, -0.05) is 29.8 Å². The van der Waals surface area contributed by atoms with Gasteiger partial charge in [0.25, 0.3) is 0 Å². The smallest absolute Gasteiger partial charge is 0.407 e. The van der Waals surface area contributed by atoms with Crippen LogP contribution in [0.5, 0.6) is 0 Å². The minimum absolute atomic E-state index is 0.167. The molecule has 0 radical (unpaired) electrons. The minimum Gasteiger partial charge on any atom is -0.453 e. The fourth-order valence-corrected chi connectivity index (χ4v) is 4.73. The van der Waals surface area contributed by atoms with Crippen molar-refractivity contribution in [2.24, 2.45) is 5.92 Å². The van der Waals surface area contributed by atoms with Gasteiger partial charge >= 0.3 is 6.09 Å². The summed E-state index contributed by atoms with van der Waals surface area (Å²) < 4.78 is 32.9. The summed E-state index contributed by atoms with van der Waals surface area (Å²) in [5, 5.41) is 6.39. The number of benzene rings is 2. The maximum atomic E-state index is 14.6. The Morgan fingerprint density at radius 2 is 1.83 bits per heavy atom. The third-order valence-electron chi connectivity index (χ3n) is 6.69. The van der Waals surface area contributed by atoms with Gasteiger partial charge in [0.15, 0.2) is 0 Å². The normalized spacial score (nSPS) is 19.1. The third kappa shape index (κ3) is 7.17. The van der Waals surface area contributed by atoms with Gasteiger partial charge in [-0.15, -0.1) is 0 Å². The van der Waals surface area contributed by atoms with Gasteiger partial charge in [0.1, 0.15) is 11.6 Å². The number of ether oxygens (including phenoxy) is 1. The average Bonchev–Trinajstić information content (AvgIpc) is 3.27. The minimum atomic E-state index is -0.640. The molecule has 36 heavy (non-hydrogen) atoms. The van der Waals surface area contributed by atoms with Crippen molar-refractivity contribution >= 4 is 23.6 Å². The van der Waals surface area contributed by atoms with Gasteiger partial charge in [-0.05, 0) is 62.9 Å². The number of methoxy groups -OCH3 is 1. The number of nitrogens with one attached hydrogen (secondary N) is 2. The molecule has 2 aromatic carbocycles. The van der Waals surface area contributed by atoms with E-state index in [9.17, 15) is 18.4 Å². The van der Waals surface area contributed by atoms with Crippen LogP contribution in [0.25, 0.3) is 0 Å². The van der Waals surface area contributed by atoms with Crippen LogP contribution in [0, 0.1) is 17.6 Å². The molecule has 6 nitrogen and oxygen atoms in total. The molecule has 0 saturated carbocycles. The second-order valence-corrected chi connectivity index (χ2v) is 10.6. The van der Waals surface area contributed by atoms with E-state index in [1.165, 1.54) is 19.2 Å². The number of nitrogens with zero attached hydrogens (tertiary/aromatic N) is 1. The molecule has 0 bridgehead atoms. The van der Waals surface area contributed by atoms with Crippen molar-refractivity contribution in [3.8, 4) is 0 Å². The predicted molar refractivity (Wildman–Crippen MR) is 136 cm³/mol. The van der Waals surface area contributed by atoms with Crippen LogP contribution in [0.4, 0.5) is 13.6 Å².